The van der Waals surface area contributed by atoms with Crippen LogP contribution in [0.1, 0.15) is 45.1 Å². The number of amidine groups is 1. The number of anilines is 1. The van der Waals surface area contributed by atoms with Crippen LogP contribution in [0.15, 0.2) is 53.5 Å². The number of benzene rings is 2. The maximum Gasteiger partial charge on any atom is 0.240 e. The van der Waals surface area contributed by atoms with Crippen LogP contribution in [0.3, 0.4) is 0 Å². The van der Waals surface area contributed by atoms with Gasteiger partial charge in [-0.2, -0.15) is 0 Å². The molecule has 1 saturated heterocycles. The number of aliphatic imine (C=N–C) groups is 1. The van der Waals surface area contributed by atoms with Crippen LogP contribution in [0.2, 0.25) is 0 Å². The van der Waals surface area contributed by atoms with Gasteiger partial charge in [-0.15, -0.1) is 0 Å². The summed E-state index contributed by atoms with van der Waals surface area (Å²) in [6, 6.07) is 15.2. The van der Waals surface area contributed by atoms with E-state index in [2.05, 4.69) is 41.6 Å². The molecule has 0 aliphatic carbocycles. The number of amides is 2. The number of hydrogen-bond acceptors (Lipinski definition) is 5. The highest BCUT2D eigenvalue weighted by atomic mass is 32.2. The van der Waals surface area contributed by atoms with E-state index >= 15 is 0 Å². The van der Waals surface area contributed by atoms with Crippen LogP contribution in [0.4, 0.5) is 11.4 Å². The predicted octanol–water partition coefficient (Wildman–Crippen LogP) is 4.85. The van der Waals surface area contributed by atoms with E-state index in [-0.39, 0.29) is 18.2 Å². The second-order valence-electron chi connectivity index (χ2n) is 7.12. The lowest BCUT2D eigenvalue weighted by Gasteiger charge is -2.09. The molecule has 0 unspecified atom stereocenters. The number of rotatable bonds is 8. The predicted molar refractivity (Wildman–Crippen MR) is 123 cm³/mol. The third kappa shape index (κ3) is 5.86. The molecule has 158 valence electrons. The van der Waals surface area contributed by atoms with Gasteiger partial charge in [-0.25, -0.2) is 4.99 Å². The molecule has 3 rings (SSSR count). The molecule has 1 aliphatic rings. The largest absolute Gasteiger partial charge is 0.494 e. The Kier molecular flexibility index (Phi) is 7.52. The molecule has 2 N–H and O–H groups in total. The van der Waals surface area contributed by atoms with Crippen molar-refractivity contribution >= 4 is 40.1 Å². The molecule has 1 heterocycles. The van der Waals surface area contributed by atoms with Crippen LogP contribution >= 0.6 is 11.8 Å². The first-order chi connectivity index (χ1) is 14.5. The molecule has 30 heavy (non-hydrogen) atoms. The van der Waals surface area contributed by atoms with Gasteiger partial charge in [0.15, 0.2) is 5.17 Å². The summed E-state index contributed by atoms with van der Waals surface area (Å²) < 4.78 is 5.39. The van der Waals surface area contributed by atoms with Gasteiger partial charge in [-0.1, -0.05) is 37.7 Å². The normalized spacial score (nSPS) is 18.2. The smallest absolute Gasteiger partial charge is 0.240 e. The van der Waals surface area contributed by atoms with E-state index in [1.165, 1.54) is 17.3 Å². The summed E-state index contributed by atoms with van der Waals surface area (Å²) in [4.78, 5) is 29.1. The van der Waals surface area contributed by atoms with Crippen LogP contribution in [0.25, 0.3) is 0 Å². The zero-order valence-corrected chi connectivity index (χ0v) is 18.3. The Bertz CT molecular complexity index is 910. The molecular formula is C23H27N3O3S. The number of hydrogen-bond donors (Lipinski definition) is 2. The maximum absolute atomic E-state index is 12.3. The Morgan fingerprint density at radius 2 is 1.87 bits per heavy atom. The van der Waals surface area contributed by atoms with Crippen molar-refractivity contribution in [3.8, 4) is 5.75 Å². The summed E-state index contributed by atoms with van der Waals surface area (Å²) in [5.41, 5.74) is 2.72. The van der Waals surface area contributed by atoms with Crippen molar-refractivity contribution in [1.82, 2.24) is 5.32 Å². The first kappa shape index (κ1) is 21.9. The van der Waals surface area contributed by atoms with Crippen molar-refractivity contribution in [2.24, 2.45) is 4.99 Å². The fraction of sp³-hybridized carbons (Fsp3) is 0.348. The van der Waals surface area contributed by atoms with Gasteiger partial charge in [0.25, 0.3) is 0 Å². The molecule has 2 aromatic carbocycles. The van der Waals surface area contributed by atoms with Gasteiger partial charge >= 0.3 is 0 Å². The lowest BCUT2D eigenvalue weighted by Crippen LogP contribution is -2.28. The fourth-order valence-corrected chi connectivity index (χ4v) is 3.99. The van der Waals surface area contributed by atoms with Crippen molar-refractivity contribution in [2.75, 3.05) is 11.9 Å². The van der Waals surface area contributed by atoms with Crippen molar-refractivity contribution in [1.29, 1.82) is 0 Å². The topological polar surface area (TPSA) is 79.8 Å². The summed E-state index contributed by atoms with van der Waals surface area (Å²) in [5, 5.41) is 5.62. The summed E-state index contributed by atoms with van der Waals surface area (Å²) in [5.74, 6) is 0.840. The third-order valence-electron chi connectivity index (χ3n) is 4.90. The SMILES string of the molecule is CCOc1ccc(NC(=O)C[C@H]2SC(=Nc3ccc([C@H](C)CC)cc3)NC2=O)cc1. The number of thioether (sulfide) groups is 1. The molecule has 0 saturated carbocycles. The zero-order valence-electron chi connectivity index (χ0n) is 17.5. The van der Waals surface area contributed by atoms with Gasteiger partial charge in [0.2, 0.25) is 11.8 Å². The van der Waals surface area contributed by atoms with Crippen molar-refractivity contribution in [3.05, 3.63) is 54.1 Å². The van der Waals surface area contributed by atoms with Gasteiger partial charge in [-0.3, -0.25) is 9.59 Å². The monoisotopic (exact) mass is 425 g/mol. The second-order valence-corrected chi connectivity index (χ2v) is 8.31. The number of carbonyl (C=O) groups is 2. The maximum atomic E-state index is 12.3. The lowest BCUT2D eigenvalue weighted by atomic mass is 9.99. The van der Waals surface area contributed by atoms with Crippen LogP contribution in [0, 0.1) is 0 Å². The Hall–Kier alpha value is -2.80. The molecule has 7 heteroatoms. The Balaban J connectivity index is 1.56. The van der Waals surface area contributed by atoms with Gasteiger partial charge < -0.3 is 15.4 Å². The summed E-state index contributed by atoms with van der Waals surface area (Å²) in [7, 11) is 0. The molecule has 0 aromatic heterocycles. The standard InChI is InChI=1S/C23H27N3O3S/c1-4-15(3)16-6-8-18(9-7-16)25-23-26-22(28)20(30-23)14-21(27)24-17-10-12-19(13-11-17)29-5-2/h6-13,15,20H,4-5,14H2,1-3H3,(H,24,27)(H,25,26,28)/t15-,20-/m1/s1. The van der Waals surface area contributed by atoms with Crippen molar-refractivity contribution in [3.63, 3.8) is 0 Å². The quantitative estimate of drug-likeness (QED) is 0.634. The highest BCUT2D eigenvalue weighted by molar-refractivity contribution is 8.15. The van der Waals surface area contributed by atoms with Gasteiger partial charge in [0.05, 0.1) is 12.3 Å². The Morgan fingerprint density at radius 1 is 1.17 bits per heavy atom. The zero-order chi connectivity index (χ0) is 21.5. The lowest BCUT2D eigenvalue weighted by molar-refractivity contribution is -0.122. The summed E-state index contributed by atoms with van der Waals surface area (Å²) in [6.07, 6.45) is 1.16. The molecule has 0 radical (unpaired) electrons. The number of nitrogens with one attached hydrogen (secondary N) is 2. The average Bonchev–Trinajstić information content (AvgIpc) is 3.08. The minimum Gasteiger partial charge on any atom is -0.494 e. The first-order valence-corrected chi connectivity index (χ1v) is 11.0. The van der Waals surface area contributed by atoms with Gasteiger partial charge in [0, 0.05) is 12.1 Å². The highest BCUT2D eigenvalue weighted by Crippen LogP contribution is 2.27. The molecule has 2 atom stereocenters. The molecule has 0 bridgehead atoms. The van der Waals surface area contributed by atoms with E-state index in [9.17, 15) is 9.59 Å². The number of nitrogens with zero attached hydrogens (tertiary/aromatic N) is 1. The van der Waals surface area contributed by atoms with Crippen LogP contribution in [-0.4, -0.2) is 28.8 Å². The molecule has 0 spiro atoms. The molecule has 6 nitrogen and oxygen atoms in total. The minimum atomic E-state index is -0.495. The van der Waals surface area contributed by atoms with E-state index in [4.69, 9.17) is 4.74 Å². The molecular weight excluding hydrogens is 398 g/mol. The van der Waals surface area contributed by atoms with Crippen LogP contribution in [-0.2, 0) is 9.59 Å². The van der Waals surface area contributed by atoms with Crippen molar-refractivity contribution < 1.29 is 14.3 Å². The molecule has 1 fully saturated rings. The van der Waals surface area contributed by atoms with E-state index in [1.807, 2.05) is 19.1 Å². The Morgan fingerprint density at radius 3 is 2.50 bits per heavy atom. The second kappa shape index (κ2) is 10.3. The number of ether oxygens (including phenoxy) is 1. The summed E-state index contributed by atoms with van der Waals surface area (Å²) >= 11 is 1.29. The van der Waals surface area contributed by atoms with E-state index in [1.54, 1.807) is 24.3 Å². The van der Waals surface area contributed by atoms with Crippen LogP contribution < -0.4 is 15.4 Å². The van der Waals surface area contributed by atoms with Gasteiger partial charge in [0.1, 0.15) is 11.0 Å². The third-order valence-corrected chi connectivity index (χ3v) is 5.98. The average molecular weight is 426 g/mol. The van der Waals surface area contributed by atoms with E-state index in [0.717, 1.165) is 17.9 Å². The highest BCUT2D eigenvalue weighted by Gasteiger charge is 2.32. The van der Waals surface area contributed by atoms with E-state index < -0.39 is 5.25 Å². The molecule has 1 aliphatic heterocycles. The van der Waals surface area contributed by atoms with E-state index in [0.29, 0.717) is 23.4 Å². The molecule has 2 aromatic rings. The minimum absolute atomic E-state index is 0.0791. The first-order valence-electron chi connectivity index (χ1n) is 10.2. The van der Waals surface area contributed by atoms with Crippen LogP contribution in [0.5, 0.6) is 5.75 Å². The van der Waals surface area contributed by atoms with Gasteiger partial charge in [-0.05, 0) is 61.2 Å². The summed E-state index contributed by atoms with van der Waals surface area (Å²) in [6.45, 7) is 6.86. The molecule has 2 amide bonds. The number of carbonyl (C=O) groups excluding carboxylic acids is 2. The Labute approximate surface area is 181 Å². The van der Waals surface area contributed by atoms with Crippen molar-refractivity contribution in [2.45, 2.75) is 44.8 Å². The fourth-order valence-electron chi connectivity index (χ4n) is 3.00.